The van der Waals surface area contributed by atoms with Gasteiger partial charge in [0.05, 0.1) is 5.69 Å². The normalized spacial score (nSPS) is 11.1. The first-order chi connectivity index (χ1) is 11.1. The number of anilines is 1. The summed E-state index contributed by atoms with van der Waals surface area (Å²) in [6.07, 6.45) is 1.70. The number of hydrogen-bond donors (Lipinski definition) is 2. The number of hydrogen-bond acceptors (Lipinski definition) is 4. The first-order valence-electron chi connectivity index (χ1n) is 7.52. The van der Waals surface area contributed by atoms with Gasteiger partial charge in [-0.2, -0.15) is 5.10 Å². The SMILES string of the molecule is CCCc1nn(C)c2c(=O)[nH]c(NCc3ccc(F)cc3)nc12. The zero-order chi connectivity index (χ0) is 16.4. The molecule has 0 radical (unpaired) electrons. The van der Waals surface area contributed by atoms with E-state index < -0.39 is 0 Å². The highest BCUT2D eigenvalue weighted by Gasteiger charge is 2.14. The first kappa shape index (κ1) is 15.2. The van der Waals surface area contributed by atoms with E-state index in [0.717, 1.165) is 24.1 Å². The van der Waals surface area contributed by atoms with E-state index in [2.05, 4.69) is 27.3 Å². The smallest absolute Gasteiger partial charge is 0.278 e. The van der Waals surface area contributed by atoms with Crippen LogP contribution in [-0.2, 0) is 20.0 Å². The average molecular weight is 315 g/mol. The number of aryl methyl sites for hydroxylation is 2. The molecule has 3 rings (SSSR count). The molecule has 0 fully saturated rings. The fraction of sp³-hybridized carbons (Fsp3) is 0.312. The number of aromatic amines is 1. The Labute approximate surface area is 132 Å². The number of fused-ring (bicyclic) bond motifs is 1. The molecule has 7 heteroatoms. The lowest BCUT2D eigenvalue weighted by Crippen LogP contribution is -2.15. The zero-order valence-electron chi connectivity index (χ0n) is 13.1. The van der Waals surface area contributed by atoms with Gasteiger partial charge in [0, 0.05) is 13.6 Å². The minimum absolute atomic E-state index is 0.228. The van der Waals surface area contributed by atoms with Gasteiger partial charge in [-0.25, -0.2) is 9.37 Å². The van der Waals surface area contributed by atoms with Crippen LogP contribution in [0.25, 0.3) is 11.0 Å². The summed E-state index contributed by atoms with van der Waals surface area (Å²) >= 11 is 0. The monoisotopic (exact) mass is 315 g/mol. The summed E-state index contributed by atoms with van der Waals surface area (Å²) in [5.41, 5.74) is 2.59. The minimum atomic E-state index is -0.277. The topological polar surface area (TPSA) is 75.6 Å². The molecule has 0 aliphatic carbocycles. The third-order valence-electron chi connectivity index (χ3n) is 3.62. The largest absolute Gasteiger partial charge is 0.352 e. The van der Waals surface area contributed by atoms with Crippen molar-refractivity contribution in [2.75, 3.05) is 5.32 Å². The van der Waals surface area contributed by atoms with Crippen LogP contribution in [0.4, 0.5) is 10.3 Å². The molecular weight excluding hydrogens is 297 g/mol. The highest BCUT2D eigenvalue weighted by Crippen LogP contribution is 2.15. The number of benzene rings is 1. The number of H-pyrrole nitrogens is 1. The van der Waals surface area contributed by atoms with Crippen molar-refractivity contribution < 1.29 is 4.39 Å². The quantitative estimate of drug-likeness (QED) is 0.758. The van der Waals surface area contributed by atoms with Gasteiger partial charge in [-0.15, -0.1) is 0 Å². The Hall–Kier alpha value is -2.70. The van der Waals surface area contributed by atoms with Gasteiger partial charge in [0.1, 0.15) is 11.3 Å². The van der Waals surface area contributed by atoms with Crippen LogP contribution in [0.2, 0.25) is 0 Å². The summed E-state index contributed by atoms with van der Waals surface area (Å²) in [7, 11) is 1.74. The highest BCUT2D eigenvalue weighted by molar-refractivity contribution is 5.77. The number of nitrogens with one attached hydrogen (secondary N) is 2. The van der Waals surface area contributed by atoms with E-state index in [1.807, 2.05) is 0 Å². The molecule has 2 N–H and O–H groups in total. The highest BCUT2D eigenvalue weighted by atomic mass is 19.1. The van der Waals surface area contributed by atoms with Gasteiger partial charge in [-0.1, -0.05) is 25.5 Å². The van der Waals surface area contributed by atoms with Crippen molar-refractivity contribution in [3.05, 3.63) is 51.7 Å². The molecule has 120 valence electrons. The van der Waals surface area contributed by atoms with Crippen LogP contribution in [0.1, 0.15) is 24.6 Å². The van der Waals surface area contributed by atoms with Crippen molar-refractivity contribution in [3.8, 4) is 0 Å². The van der Waals surface area contributed by atoms with Crippen molar-refractivity contribution in [3.63, 3.8) is 0 Å². The molecule has 0 saturated carbocycles. The van der Waals surface area contributed by atoms with Gasteiger partial charge < -0.3 is 5.32 Å². The van der Waals surface area contributed by atoms with Crippen LogP contribution in [0.3, 0.4) is 0 Å². The molecule has 0 bridgehead atoms. The molecule has 0 saturated heterocycles. The van der Waals surface area contributed by atoms with E-state index in [1.165, 1.54) is 12.1 Å². The van der Waals surface area contributed by atoms with Crippen molar-refractivity contribution >= 4 is 17.0 Å². The molecule has 1 aromatic carbocycles. The van der Waals surface area contributed by atoms with Crippen LogP contribution in [0.5, 0.6) is 0 Å². The van der Waals surface area contributed by atoms with Crippen LogP contribution in [0, 0.1) is 5.82 Å². The fourth-order valence-corrected chi connectivity index (χ4v) is 2.52. The Morgan fingerprint density at radius 1 is 1.30 bits per heavy atom. The van der Waals surface area contributed by atoms with E-state index in [0.29, 0.717) is 23.5 Å². The molecule has 0 aliphatic rings. The average Bonchev–Trinajstić information content (AvgIpc) is 2.84. The molecule has 0 amide bonds. The summed E-state index contributed by atoms with van der Waals surface area (Å²) in [4.78, 5) is 19.4. The molecule has 0 atom stereocenters. The van der Waals surface area contributed by atoms with Crippen LogP contribution < -0.4 is 10.9 Å². The third-order valence-corrected chi connectivity index (χ3v) is 3.62. The molecule has 0 spiro atoms. The van der Waals surface area contributed by atoms with Gasteiger partial charge >= 0.3 is 0 Å². The molecule has 3 aromatic rings. The van der Waals surface area contributed by atoms with Crippen molar-refractivity contribution in [2.45, 2.75) is 26.3 Å². The second-order valence-electron chi connectivity index (χ2n) is 5.41. The number of rotatable bonds is 5. The fourth-order valence-electron chi connectivity index (χ4n) is 2.52. The first-order valence-corrected chi connectivity index (χ1v) is 7.52. The van der Waals surface area contributed by atoms with E-state index in [9.17, 15) is 9.18 Å². The molecule has 0 unspecified atom stereocenters. The van der Waals surface area contributed by atoms with Gasteiger partial charge in [0.15, 0.2) is 5.52 Å². The molecule has 2 aromatic heterocycles. The lowest BCUT2D eigenvalue weighted by molar-refractivity contribution is 0.627. The van der Waals surface area contributed by atoms with Crippen molar-refractivity contribution in [1.29, 1.82) is 0 Å². The Balaban J connectivity index is 1.90. The Morgan fingerprint density at radius 2 is 2.04 bits per heavy atom. The van der Waals surface area contributed by atoms with Crippen LogP contribution >= 0.6 is 0 Å². The second-order valence-corrected chi connectivity index (χ2v) is 5.41. The predicted octanol–water partition coefficient (Wildman–Crippen LogP) is 2.36. The van der Waals surface area contributed by atoms with E-state index in [-0.39, 0.29) is 11.4 Å². The minimum Gasteiger partial charge on any atom is -0.352 e. The standard InChI is InChI=1S/C16H18FN5O/c1-3-4-12-13-14(22(2)21-12)15(23)20-16(19-13)18-9-10-5-7-11(17)8-6-10/h5-8H,3-4,9H2,1-2H3,(H2,18,19,20,23). The summed E-state index contributed by atoms with van der Waals surface area (Å²) < 4.78 is 14.5. The van der Waals surface area contributed by atoms with Crippen molar-refractivity contribution in [1.82, 2.24) is 19.7 Å². The zero-order valence-corrected chi connectivity index (χ0v) is 13.1. The maximum Gasteiger partial charge on any atom is 0.278 e. The Kier molecular flexibility index (Phi) is 4.10. The number of nitrogens with zero attached hydrogens (tertiary/aromatic N) is 3. The summed E-state index contributed by atoms with van der Waals surface area (Å²) in [6.45, 7) is 2.50. The van der Waals surface area contributed by atoms with Crippen molar-refractivity contribution in [2.24, 2.45) is 7.05 Å². The summed E-state index contributed by atoms with van der Waals surface area (Å²) in [5.74, 6) is 0.110. The molecule has 2 heterocycles. The van der Waals surface area contributed by atoms with E-state index in [1.54, 1.807) is 23.9 Å². The second kappa shape index (κ2) is 6.20. The van der Waals surface area contributed by atoms with Gasteiger partial charge in [0.2, 0.25) is 5.95 Å². The van der Waals surface area contributed by atoms with E-state index >= 15 is 0 Å². The Bertz CT molecular complexity index is 882. The Morgan fingerprint density at radius 3 is 2.74 bits per heavy atom. The molecular formula is C16H18FN5O. The van der Waals surface area contributed by atoms with Gasteiger partial charge in [-0.05, 0) is 24.1 Å². The summed E-state index contributed by atoms with van der Waals surface area (Å²) in [6, 6.07) is 6.17. The van der Waals surface area contributed by atoms with Gasteiger partial charge in [-0.3, -0.25) is 14.5 Å². The number of aromatic nitrogens is 4. The predicted molar refractivity (Wildman–Crippen MR) is 86.9 cm³/mol. The lowest BCUT2D eigenvalue weighted by atomic mass is 10.2. The molecule has 0 aliphatic heterocycles. The molecule has 23 heavy (non-hydrogen) atoms. The van der Waals surface area contributed by atoms with Crippen LogP contribution in [0.15, 0.2) is 29.1 Å². The lowest BCUT2D eigenvalue weighted by Gasteiger charge is -2.06. The third kappa shape index (κ3) is 3.08. The summed E-state index contributed by atoms with van der Waals surface area (Å²) in [5, 5.41) is 7.44. The maximum atomic E-state index is 12.9. The number of halogens is 1. The van der Waals surface area contributed by atoms with E-state index in [4.69, 9.17) is 0 Å². The van der Waals surface area contributed by atoms with Crippen LogP contribution in [-0.4, -0.2) is 19.7 Å². The molecule has 6 nitrogen and oxygen atoms in total. The van der Waals surface area contributed by atoms with Gasteiger partial charge in [0.25, 0.3) is 5.56 Å². The maximum absolute atomic E-state index is 12.9.